The number of halogens is 3. The lowest BCUT2D eigenvalue weighted by molar-refractivity contribution is 0.189. The molecule has 2 aliphatic rings. The van der Waals surface area contributed by atoms with Crippen LogP contribution in [0.25, 0.3) is 0 Å². The van der Waals surface area contributed by atoms with Crippen LogP contribution in [-0.4, -0.2) is 3.92 Å². The van der Waals surface area contributed by atoms with Crippen LogP contribution in [0.15, 0.2) is 18.2 Å². The highest BCUT2D eigenvalue weighted by Crippen LogP contribution is 2.44. The second kappa shape index (κ2) is 6.93. The van der Waals surface area contributed by atoms with Gasteiger partial charge in [0.1, 0.15) is 11.6 Å². The molecule has 3 heteroatoms. The van der Waals surface area contributed by atoms with Crippen LogP contribution in [0.4, 0.5) is 8.78 Å². The molecular weight excluding hydrogens is 381 g/mol. The molecule has 0 aromatic heterocycles. The van der Waals surface area contributed by atoms with Crippen LogP contribution in [0.5, 0.6) is 0 Å². The molecule has 0 atom stereocenters. The zero-order chi connectivity index (χ0) is 14.8. The predicted octanol–water partition coefficient (Wildman–Crippen LogP) is 6.23. The minimum absolute atomic E-state index is 0.294. The third-order valence-electron chi connectivity index (χ3n) is 5.54. The summed E-state index contributed by atoms with van der Waals surface area (Å²) in [6.07, 6.45) is 10.1. The SMILES string of the molecule is Fc1ccc(C2CCC(C3CCC(I)CC3)CC2)c(F)c1. The Morgan fingerprint density at radius 1 is 0.810 bits per heavy atom. The molecule has 0 unspecified atom stereocenters. The Balaban J connectivity index is 1.57. The Bertz CT molecular complexity index is 472. The Labute approximate surface area is 139 Å². The minimum Gasteiger partial charge on any atom is -0.207 e. The van der Waals surface area contributed by atoms with E-state index in [1.165, 1.54) is 44.6 Å². The van der Waals surface area contributed by atoms with E-state index in [1.54, 1.807) is 6.07 Å². The van der Waals surface area contributed by atoms with E-state index >= 15 is 0 Å². The van der Waals surface area contributed by atoms with Crippen LogP contribution in [0, 0.1) is 23.5 Å². The Morgan fingerprint density at radius 3 is 1.95 bits per heavy atom. The van der Waals surface area contributed by atoms with Gasteiger partial charge in [-0.3, -0.25) is 0 Å². The molecule has 0 radical (unpaired) electrons. The lowest BCUT2D eigenvalue weighted by atomic mass is 9.70. The van der Waals surface area contributed by atoms with Gasteiger partial charge in [-0.15, -0.1) is 0 Å². The van der Waals surface area contributed by atoms with Gasteiger partial charge >= 0.3 is 0 Å². The fourth-order valence-electron chi connectivity index (χ4n) is 4.28. The first-order chi connectivity index (χ1) is 10.1. The molecule has 2 aliphatic carbocycles. The van der Waals surface area contributed by atoms with Crippen LogP contribution in [0.1, 0.15) is 62.8 Å². The zero-order valence-corrected chi connectivity index (χ0v) is 14.5. The van der Waals surface area contributed by atoms with Crippen molar-refractivity contribution in [2.24, 2.45) is 11.8 Å². The van der Waals surface area contributed by atoms with Gasteiger partial charge in [-0.1, -0.05) is 28.7 Å². The summed E-state index contributed by atoms with van der Waals surface area (Å²) in [6, 6.07) is 4.08. The zero-order valence-electron chi connectivity index (χ0n) is 12.3. The summed E-state index contributed by atoms with van der Waals surface area (Å²) in [5.74, 6) is 1.20. The molecule has 0 N–H and O–H groups in total. The van der Waals surface area contributed by atoms with Gasteiger partial charge in [0.05, 0.1) is 0 Å². The number of alkyl halides is 1. The van der Waals surface area contributed by atoms with E-state index in [0.29, 0.717) is 5.92 Å². The van der Waals surface area contributed by atoms with Gasteiger partial charge in [0.25, 0.3) is 0 Å². The monoisotopic (exact) mass is 404 g/mol. The van der Waals surface area contributed by atoms with E-state index < -0.39 is 5.82 Å². The first-order valence-corrected chi connectivity index (χ1v) is 9.47. The molecule has 0 spiro atoms. The Morgan fingerprint density at radius 2 is 1.38 bits per heavy atom. The molecule has 2 fully saturated rings. The maximum atomic E-state index is 13.9. The van der Waals surface area contributed by atoms with Crippen molar-refractivity contribution in [1.29, 1.82) is 0 Å². The lowest BCUT2D eigenvalue weighted by Crippen LogP contribution is -2.25. The lowest BCUT2D eigenvalue weighted by Gasteiger charge is -2.37. The summed E-state index contributed by atoms with van der Waals surface area (Å²) in [4.78, 5) is 0. The van der Waals surface area contributed by atoms with Crippen molar-refractivity contribution in [3.05, 3.63) is 35.4 Å². The molecule has 0 nitrogen and oxygen atoms in total. The van der Waals surface area contributed by atoms with Gasteiger partial charge in [-0.05, 0) is 80.8 Å². The summed E-state index contributed by atoms with van der Waals surface area (Å²) in [7, 11) is 0. The highest BCUT2D eigenvalue weighted by molar-refractivity contribution is 14.1. The van der Waals surface area contributed by atoms with Crippen molar-refractivity contribution in [2.75, 3.05) is 0 Å². The quantitative estimate of drug-likeness (QED) is 0.405. The van der Waals surface area contributed by atoms with Gasteiger partial charge in [-0.2, -0.15) is 0 Å². The fourth-order valence-corrected chi connectivity index (χ4v) is 5.00. The van der Waals surface area contributed by atoms with Crippen molar-refractivity contribution in [1.82, 2.24) is 0 Å². The topological polar surface area (TPSA) is 0 Å². The third kappa shape index (κ3) is 3.77. The highest BCUT2D eigenvalue weighted by Gasteiger charge is 2.31. The molecule has 2 saturated carbocycles. The van der Waals surface area contributed by atoms with E-state index in [0.717, 1.165) is 40.2 Å². The molecule has 0 heterocycles. The average Bonchev–Trinajstić information content (AvgIpc) is 2.48. The van der Waals surface area contributed by atoms with Crippen molar-refractivity contribution in [3.8, 4) is 0 Å². The van der Waals surface area contributed by atoms with Gasteiger partial charge < -0.3 is 0 Å². The number of rotatable bonds is 2. The van der Waals surface area contributed by atoms with Crippen molar-refractivity contribution in [2.45, 2.75) is 61.2 Å². The maximum absolute atomic E-state index is 13.9. The molecule has 0 amide bonds. The molecule has 116 valence electrons. The fraction of sp³-hybridized carbons (Fsp3) is 0.667. The molecule has 0 aliphatic heterocycles. The standard InChI is InChI=1S/C18H23F2I/c19-15-7-10-17(18(20)11-15)14-3-1-12(2-4-14)13-5-8-16(21)9-6-13/h7,10-14,16H,1-6,8-9H2. The van der Waals surface area contributed by atoms with Crippen molar-refractivity contribution in [3.63, 3.8) is 0 Å². The third-order valence-corrected chi connectivity index (χ3v) is 6.79. The summed E-state index contributed by atoms with van der Waals surface area (Å²) in [5, 5.41) is 0. The van der Waals surface area contributed by atoms with Gasteiger partial charge in [0, 0.05) is 9.99 Å². The molecular formula is C18H23F2I. The van der Waals surface area contributed by atoms with E-state index in [-0.39, 0.29) is 5.82 Å². The van der Waals surface area contributed by atoms with Crippen LogP contribution in [0.2, 0.25) is 0 Å². The second-order valence-electron chi connectivity index (χ2n) is 6.79. The second-order valence-corrected chi connectivity index (χ2v) is 8.55. The van der Waals surface area contributed by atoms with Gasteiger partial charge in [0.15, 0.2) is 0 Å². The molecule has 0 saturated heterocycles. The number of hydrogen-bond donors (Lipinski definition) is 0. The maximum Gasteiger partial charge on any atom is 0.129 e. The van der Waals surface area contributed by atoms with Crippen LogP contribution in [0.3, 0.4) is 0 Å². The highest BCUT2D eigenvalue weighted by atomic mass is 127. The smallest absolute Gasteiger partial charge is 0.129 e. The van der Waals surface area contributed by atoms with Crippen LogP contribution in [-0.2, 0) is 0 Å². The first kappa shape index (κ1) is 15.7. The largest absolute Gasteiger partial charge is 0.207 e. The molecule has 3 rings (SSSR count). The predicted molar refractivity (Wildman–Crippen MR) is 90.8 cm³/mol. The van der Waals surface area contributed by atoms with Crippen molar-refractivity contribution >= 4 is 22.6 Å². The van der Waals surface area contributed by atoms with E-state index in [2.05, 4.69) is 22.6 Å². The van der Waals surface area contributed by atoms with E-state index in [9.17, 15) is 8.78 Å². The summed E-state index contributed by atoms with van der Waals surface area (Å²) in [6.45, 7) is 0. The summed E-state index contributed by atoms with van der Waals surface area (Å²) >= 11 is 2.58. The molecule has 1 aromatic rings. The van der Waals surface area contributed by atoms with Crippen LogP contribution >= 0.6 is 22.6 Å². The molecule has 1 aromatic carbocycles. The summed E-state index contributed by atoms with van der Waals surface area (Å²) in [5.41, 5.74) is 0.728. The minimum atomic E-state index is -0.472. The summed E-state index contributed by atoms with van der Waals surface area (Å²) < 4.78 is 27.8. The first-order valence-electron chi connectivity index (χ1n) is 8.22. The van der Waals surface area contributed by atoms with Crippen LogP contribution < -0.4 is 0 Å². The van der Waals surface area contributed by atoms with Gasteiger partial charge in [-0.25, -0.2) is 8.78 Å². The molecule has 0 bridgehead atoms. The molecule has 21 heavy (non-hydrogen) atoms. The van der Waals surface area contributed by atoms with E-state index in [1.807, 2.05) is 0 Å². The van der Waals surface area contributed by atoms with Gasteiger partial charge in [0.2, 0.25) is 0 Å². The normalized spacial score (nSPS) is 33.9. The Hall–Kier alpha value is -0.190. The Kier molecular flexibility index (Phi) is 5.18. The van der Waals surface area contributed by atoms with Crippen molar-refractivity contribution < 1.29 is 8.78 Å². The van der Waals surface area contributed by atoms with E-state index in [4.69, 9.17) is 0 Å². The average molecular weight is 404 g/mol. The number of hydrogen-bond acceptors (Lipinski definition) is 0. The number of benzene rings is 1.